The van der Waals surface area contributed by atoms with E-state index in [1.807, 2.05) is 12.2 Å². The number of carboxylic acid groups (broad SMARTS) is 1. The summed E-state index contributed by atoms with van der Waals surface area (Å²) >= 11 is 0. The molecule has 5 heteroatoms. The van der Waals surface area contributed by atoms with Crippen molar-refractivity contribution in [3.63, 3.8) is 0 Å². The number of carbonyl (C=O) groups excluding carboxylic acids is 1. The molecule has 0 unspecified atom stereocenters. The SMILES string of the molecule is C=C1CC[C@@H](C)[C@](C)(CC[C@@H]2C(=O)O[C@@H]3O[C@@H]32)C/C=C\C=C/1C(=O)O. The molecule has 2 fully saturated rings. The van der Waals surface area contributed by atoms with Crippen LogP contribution in [0.1, 0.15) is 46.0 Å². The van der Waals surface area contributed by atoms with Crippen LogP contribution in [0, 0.1) is 17.3 Å². The van der Waals surface area contributed by atoms with Crippen LogP contribution < -0.4 is 0 Å². The van der Waals surface area contributed by atoms with Gasteiger partial charge in [0.05, 0.1) is 11.5 Å². The molecule has 2 saturated heterocycles. The number of ether oxygens (including phenoxy) is 2. The number of hydrogen-bond donors (Lipinski definition) is 1. The van der Waals surface area contributed by atoms with Crippen molar-refractivity contribution >= 4 is 11.9 Å². The van der Waals surface area contributed by atoms with Crippen molar-refractivity contribution in [2.75, 3.05) is 0 Å². The van der Waals surface area contributed by atoms with Crippen LogP contribution in [-0.2, 0) is 19.1 Å². The lowest BCUT2D eigenvalue weighted by atomic mass is 9.68. The molecule has 0 aromatic heterocycles. The van der Waals surface area contributed by atoms with E-state index in [0.717, 1.165) is 25.7 Å². The van der Waals surface area contributed by atoms with Crippen LogP contribution in [0.5, 0.6) is 0 Å². The molecule has 0 aromatic rings. The number of rotatable bonds is 4. The average Bonchev–Trinajstić information content (AvgIpc) is 3.23. The van der Waals surface area contributed by atoms with E-state index in [4.69, 9.17) is 9.47 Å². The molecule has 1 aliphatic carbocycles. The summed E-state index contributed by atoms with van der Waals surface area (Å²) in [5.74, 6) is -0.808. The summed E-state index contributed by atoms with van der Waals surface area (Å²) in [7, 11) is 0. The van der Waals surface area contributed by atoms with E-state index in [2.05, 4.69) is 20.4 Å². The molecule has 136 valence electrons. The summed E-state index contributed by atoms with van der Waals surface area (Å²) in [5, 5.41) is 9.30. The summed E-state index contributed by atoms with van der Waals surface area (Å²) in [6, 6.07) is 0. The van der Waals surface area contributed by atoms with Gasteiger partial charge in [-0.05, 0) is 55.1 Å². The number of esters is 1. The fraction of sp³-hybridized carbons (Fsp3) is 0.600. The molecule has 3 aliphatic rings. The number of epoxide rings is 1. The highest BCUT2D eigenvalue weighted by atomic mass is 16.8. The summed E-state index contributed by atoms with van der Waals surface area (Å²) in [6.07, 6.45) is 9.22. The highest BCUT2D eigenvalue weighted by Crippen LogP contribution is 2.46. The van der Waals surface area contributed by atoms with Crippen LogP contribution in [0.4, 0.5) is 0 Å². The van der Waals surface area contributed by atoms with Gasteiger partial charge < -0.3 is 14.6 Å². The third-order valence-electron chi connectivity index (χ3n) is 6.10. The van der Waals surface area contributed by atoms with Crippen molar-refractivity contribution in [3.05, 3.63) is 36.0 Å². The Morgan fingerprint density at radius 3 is 2.88 bits per heavy atom. The second-order valence-corrected chi connectivity index (χ2v) is 7.77. The van der Waals surface area contributed by atoms with Crippen LogP contribution in [0.3, 0.4) is 0 Å². The van der Waals surface area contributed by atoms with Gasteiger partial charge in [-0.2, -0.15) is 0 Å². The third kappa shape index (κ3) is 3.71. The van der Waals surface area contributed by atoms with Gasteiger partial charge in [0.1, 0.15) is 6.10 Å². The normalized spacial score (nSPS) is 41.3. The minimum Gasteiger partial charge on any atom is -0.478 e. The van der Waals surface area contributed by atoms with Crippen LogP contribution in [0.15, 0.2) is 36.0 Å². The van der Waals surface area contributed by atoms with Crippen molar-refractivity contribution in [2.24, 2.45) is 17.3 Å². The molecule has 5 nitrogen and oxygen atoms in total. The van der Waals surface area contributed by atoms with Gasteiger partial charge in [0.25, 0.3) is 0 Å². The fourth-order valence-corrected chi connectivity index (χ4v) is 3.86. The minimum absolute atomic E-state index is 0.0395. The lowest BCUT2D eigenvalue weighted by molar-refractivity contribution is -0.152. The molecule has 0 amide bonds. The smallest absolute Gasteiger partial charge is 0.335 e. The van der Waals surface area contributed by atoms with Crippen molar-refractivity contribution in [1.29, 1.82) is 0 Å². The van der Waals surface area contributed by atoms with Gasteiger partial charge in [0.2, 0.25) is 6.29 Å². The Hall–Kier alpha value is -1.88. The van der Waals surface area contributed by atoms with Crippen molar-refractivity contribution < 1.29 is 24.2 Å². The number of carboxylic acids is 1. The molecule has 1 N–H and O–H groups in total. The van der Waals surface area contributed by atoms with Gasteiger partial charge in [-0.25, -0.2) is 4.79 Å². The van der Waals surface area contributed by atoms with Crippen molar-refractivity contribution in [1.82, 2.24) is 0 Å². The number of hydrogen-bond acceptors (Lipinski definition) is 4. The monoisotopic (exact) mass is 346 g/mol. The highest BCUT2D eigenvalue weighted by Gasteiger charge is 2.58. The standard InChI is InChI=1S/C20H26O5/c1-12-7-8-13(2)20(3,10-5-4-6-14(12)17(21)22)11-9-15-16-19(24-16)25-18(15)23/h4-6,13,15-16,19H,1,7-11H2,2-3H3,(H,21,22)/b5-4-,14-6+/t13-,15+,16-,19+,20+/m1/s1. The molecule has 5 atom stereocenters. The first-order valence-corrected chi connectivity index (χ1v) is 8.96. The summed E-state index contributed by atoms with van der Waals surface area (Å²) in [5.41, 5.74) is 0.998. The molecular weight excluding hydrogens is 320 g/mol. The van der Waals surface area contributed by atoms with Gasteiger partial charge in [-0.3, -0.25) is 4.79 Å². The lowest BCUT2D eigenvalue weighted by Gasteiger charge is -2.36. The number of carbonyl (C=O) groups is 2. The number of aliphatic carboxylic acids is 1. The number of allylic oxidation sites excluding steroid dienone is 3. The Kier molecular flexibility index (Phi) is 4.87. The average molecular weight is 346 g/mol. The zero-order valence-corrected chi connectivity index (χ0v) is 14.9. The van der Waals surface area contributed by atoms with Crippen molar-refractivity contribution in [2.45, 2.75) is 58.3 Å². The summed E-state index contributed by atoms with van der Waals surface area (Å²) in [6.45, 7) is 8.40. The molecule has 0 spiro atoms. The minimum atomic E-state index is -0.927. The van der Waals surface area contributed by atoms with Crippen LogP contribution in [-0.4, -0.2) is 29.4 Å². The van der Waals surface area contributed by atoms with E-state index in [0.29, 0.717) is 17.9 Å². The first-order valence-electron chi connectivity index (χ1n) is 8.96. The molecule has 3 rings (SSSR count). The van der Waals surface area contributed by atoms with E-state index in [1.54, 1.807) is 6.08 Å². The zero-order valence-electron chi connectivity index (χ0n) is 14.9. The van der Waals surface area contributed by atoms with Gasteiger partial charge in [0.15, 0.2) is 0 Å². The molecule has 25 heavy (non-hydrogen) atoms. The predicted molar refractivity (Wildman–Crippen MR) is 92.6 cm³/mol. The summed E-state index contributed by atoms with van der Waals surface area (Å²) in [4.78, 5) is 23.2. The molecule has 2 aliphatic heterocycles. The molecule has 0 aromatic carbocycles. The van der Waals surface area contributed by atoms with Crippen LogP contribution >= 0.6 is 0 Å². The maximum atomic E-state index is 11.8. The maximum Gasteiger partial charge on any atom is 0.335 e. The first kappa shape index (κ1) is 17.9. The Morgan fingerprint density at radius 1 is 1.48 bits per heavy atom. The van der Waals surface area contributed by atoms with E-state index >= 15 is 0 Å². The molecule has 2 heterocycles. The largest absolute Gasteiger partial charge is 0.478 e. The van der Waals surface area contributed by atoms with Crippen LogP contribution in [0.25, 0.3) is 0 Å². The second-order valence-electron chi connectivity index (χ2n) is 7.77. The number of fused-ring (bicyclic) bond motifs is 1. The Labute approximate surface area is 148 Å². The van der Waals surface area contributed by atoms with E-state index in [9.17, 15) is 14.7 Å². The highest BCUT2D eigenvalue weighted by molar-refractivity contribution is 5.91. The van der Waals surface area contributed by atoms with Crippen LogP contribution in [0.2, 0.25) is 0 Å². The van der Waals surface area contributed by atoms with E-state index < -0.39 is 5.97 Å². The molecule has 0 saturated carbocycles. The quantitative estimate of drug-likeness (QED) is 0.621. The second kappa shape index (κ2) is 6.79. The van der Waals surface area contributed by atoms with E-state index in [-0.39, 0.29) is 35.3 Å². The third-order valence-corrected chi connectivity index (χ3v) is 6.10. The lowest BCUT2D eigenvalue weighted by Crippen LogP contribution is -2.28. The zero-order chi connectivity index (χ0) is 18.2. The molecular formula is C20H26O5. The Morgan fingerprint density at radius 2 is 2.24 bits per heavy atom. The Balaban J connectivity index is 1.70. The van der Waals surface area contributed by atoms with E-state index in [1.165, 1.54) is 0 Å². The molecule has 0 bridgehead atoms. The van der Waals surface area contributed by atoms with Gasteiger partial charge in [-0.15, -0.1) is 0 Å². The first-order chi connectivity index (χ1) is 11.8. The predicted octanol–water partition coefficient (Wildman–Crippen LogP) is 3.61. The fourth-order valence-electron chi connectivity index (χ4n) is 3.86. The Bertz CT molecular complexity index is 646. The van der Waals surface area contributed by atoms with Gasteiger partial charge in [0, 0.05) is 0 Å². The van der Waals surface area contributed by atoms with Gasteiger partial charge in [-0.1, -0.05) is 32.6 Å². The maximum absolute atomic E-state index is 11.8. The van der Waals surface area contributed by atoms with Crippen molar-refractivity contribution in [3.8, 4) is 0 Å². The van der Waals surface area contributed by atoms with Gasteiger partial charge >= 0.3 is 11.9 Å². The topological polar surface area (TPSA) is 76.1 Å². The summed E-state index contributed by atoms with van der Waals surface area (Å²) < 4.78 is 10.5. The molecule has 0 radical (unpaired) electrons.